The second-order valence-electron chi connectivity index (χ2n) is 8.07. The Kier molecular flexibility index (Phi) is 8.05. The molecule has 2 saturated carbocycles. The number of nitrogens with zero attached hydrogens (tertiary/aromatic N) is 1. The van der Waals surface area contributed by atoms with Crippen LogP contribution in [0.4, 0.5) is 17.6 Å². The van der Waals surface area contributed by atoms with Gasteiger partial charge in [0.1, 0.15) is 17.4 Å². The molecule has 2 aliphatic carbocycles. The van der Waals surface area contributed by atoms with E-state index in [1.54, 1.807) is 0 Å². The predicted octanol–water partition coefficient (Wildman–Crippen LogP) is 3.02. The van der Waals surface area contributed by atoms with E-state index in [4.69, 9.17) is 5.26 Å². The average molecular weight is 463 g/mol. The number of benzene rings is 1. The maximum atomic E-state index is 13.2. The molecule has 1 amide bonds. The summed E-state index contributed by atoms with van der Waals surface area (Å²) < 4.78 is 76.4. The van der Waals surface area contributed by atoms with Gasteiger partial charge in [0, 0.05) is 6.04 Å². The van der Waals surface area contributed by atoms with Crippen LogP contribution in [0, 0.1) is 23.1 Å². The van der Waals surface area contributed by atoms with Gasteiger partial charge in [0.15, 0.2) is 9.84 Å². The molecule has 2 aliphatic rings. The quantitative estimate of drug-likeness (QED) is 0.433. The lowest BCUT2D eigenvalue weighted by Crippen LogP contribution is -2.42. The summed E-state index contributed by atoms with van der Waals surface area (Å²) in [6.45, 7) is 1.41. The molecule has 1 aromatic carbocycles. The number of nitrogens with one attached hydrogen (secondary N) is 2. The van der Waals surface area contributed by atoms with E-state index in [9.17, 15) is 30.8 Å². The highest BCUT2D eigenvalue weighted by molar-refractivity contribution is 7.91. The second kappa shape index (κ2) is 9.96. The Hall–Kier alpha value is -2.19. The van der Waals surface area contributed by atoms with Crippen LogP contribution in [-0.4, -0.2) is 44.1 Å². The summed E-state index contributed by atoms with van der Waals surface area (Å²) in [6.07, 6.45) is -0.684. The molecule has 1 aromatic rings. The third-order valence-electron chi connectivity index (χ3n) is 4.97. The molecule has 2 unspecified atom stereocenters. The Morgan fingerprint density at radius 2 is 1.84 bits per heavy atom. The molecule has 172 valence electrons. The lowest BCUT2D eigenvalue weighted by Gasteiger charge is -2.26. The number of hydrogen-bond donors (Lipinski definition) is 2. The number of carbonyl (C=O) groups is 1. The van der Waals surface area contributed by atoms with Crippen LogP contribution in [0.5, 0.6) is 0 Å². The van der Waals surface area contributed by atoms with Gasteiger partial charge in [0.2, 0.25) is 6.41 Å². The summed E-state index contributed by atoms with van der Waals surface area (Å²) in [5.74, 6) is -0.791. The van der Waals surface area contributed by atoms with Gasteiger partial charge in [-0.25, -0.2) is 12.8 Å². The number of halogens is 4. The Morgan fingerprint density at radius 3 is 2.23 bits per heavy atom. The fourth-order valence-corrected chi connectivity index (χ4v) is 5.03. The molecule has 0 bridgehead atoms. The molecular formula is C20H25F4N3O3S. The fraction of sp³-hybridized carbons (Fsp3) is 0.600. The van der Waals surface area contributed by atoms with Gasteiger partial charge in [0.25, 0.3) is 0 Å². The van der Waals surface area contributed by atoms with Crippen LogP contribution in [0.25, 0.3) is 0 Å². The third kappa shape index (κ3) is 8.45. The highest BCUT2D eigenvalue weighted by atomic mass is 32.2. The van der Waals surface area contributed by atoms with E-state index < -0.39 is 39.5 Å². The molecule has 0 aromatic heterocycles. The first kappa shape index (κ1) is 25.1. The van der Waals surface area contributed by atoms with Crippen LogP contribution in [0.2, 0.25) is 0 Å². The smallest absolute Gasteiger partial charge is 0.340 e. The first-order valence-electron chi connectivity index (χ1n) is 9.81. The van der Waals surface area contributed by atoms with Crippen LogP contribution in [0.15, 0.2) is 24.3 Å². The summed E-state index contributed by atoms with van der Waals surface area (Å²) in [5, 5.41) is 13.1. The number of alkyl halides is 3. The number of carbonyl (C=O) groups excluding carboxylic acids is 1. The minimum absolute atomic E-state index is 0.0340. The maximum absolute atomic E-state index is 13.2. The van der Waals surface area contributed by atoms with E-state index in [1.165, 1.54) is 6.92 Å². The molecule has 11 heteroatoms. The van der Waals surface area contributed by atoms with E-state index in [0.29, 0.717) is 6.41 Å². The molecule has 3 rings (SSSR count). The summed E-state index contributed by atoms with van der Waals surface area (Å²) in [5.41, 5.74) is -0.618. The van der Waals surface area contributed by atoms with Crippen LogP contribution < -0.4 is 10.6 Å². The molecule has 0 heterocycles. The number of hydrogen-bond acceptors (Lipinski definition) is 5. The van der Waals surface area contributed by atoms with Gasteiger partial charge in [-0.3, -0.25) is 10.1 Å². The third-order valence-corrected chi connectivity index (χ3v) is 6.96. The maximum Gasteiger partial charge on any atom is 0.407 e. The van der Waals surface area contributed by atoms with Crippen molar-refractivity contribution in [1.29, 1.82) is 5.26 Å². The Balaban J connectivity index is 0.000000357. The number of nitriles is 1. The van der Waals surface area contributed by atoms with Crippen molar-refractivity contribution in [2.75, 3.05) is 11.5 Å². The summed E-state index contributed by atoms with van der Waals surface area (Å²) in [6, 6.07) is 3.10. The molecule has 2 atom stereocenters. The molecule has 2 fully saturated rings. The Labute approximate surface area is 178 Å². The van der Waals surface area contributed by atoms with Crippen molar-refractivity contribution < 1.29 is 30.8 Å². The fourth-order valence-electron chi connectivity index (χ4n) is 2.99. The second-order valence-corrected chi connectivity index (χ2v) is 10.2. The van der Waals surface area contributed by atoms with Gasteiger partial charge >= 0.3 is 6.18 Å². The van der Waals surface area contributed by atoms with Gasteiger partial charge in [0.05, 0.1) is 17.6 Å². The van der Waals surface area contributed by atoms with Gasteiger partial charge in [-0.1, -0.05) is 12.1 Å². The molecule has 0 radical (unpaired) electrons. The van der Waals surface area contributed by atoms with Crippen LogP contribution in [-0.2, 0) is 14.6 Å². The molecular weight excluding hydrogens is 438 g/mol. The van der Waals surface area contributed by atoms with Crippen molar-refractivity contribution in [1.82, 2.24) is 10.6 Å². The SMILES string of the molecule is CC(CS(=O)(=O)CC1CC1)NC(c1ccc(F)cc1)C(F)(F)F.N#CC1(NC=O)CC1. The van der Waals surface area contributed by atoms with Crippen LogP contribution in [0.3, 0.4) is 0 Å². The predicted molar refractivity (Wildman–Crippen MR) is 106 cm³/mol. The molecule has 2 N–H and O–H groups in total. The number of sulfone groups is 1. The van der Waals surface area contributed by atoms with Gasteiger partial charge in [-0.05, 0) is 56.2 Å². The number of amides is 1. The first-order valence-corrected chi connectivity index (χ1v) is 11.6. The van der Waals surface area contributed by atoms with E-state index in [0.717, 1.165) is 49.9 Å². The van der Waals surface area contributed by atoms with Crippen molar-refractivity contribution >= 4 is 16.2 Å². The standard InChI is InChI=1S/C15H19F4NO2S.C5H6N2O/c1-10(8-23(21,22)9-11-2-3-11)20-14(15(17,18)19)12-4-6-13(16)7-5-12;6-3-5(1-2-5)7-4-8/h4-7,10-11,14,20H,2-3,8-9H2,1H3;4H,1-2H2,(H,7,8). The minimum Gasteiger partial charge on any atom is -0.340 e. The lowest BCUT2D eigenvalue weighted by atomic mass is 10.1. The van der Waals surface area contributed by atoms with E-state index in [2.05, 4.69) is 10.6 Å². The molecule has 31 heavy (non-hydrogen) atoms. The zero-order valence-electron chi connectivity index (χ0n) is 17.0. The Morgan fingerprint density at radius 1 is 1.26 bits per heavy atom. The number of rotatable bonds is 9. The highest BCUT2D eigenvalue weighted by Gasteiger charge is 2.43. The first-order chi connectivity index (χ1) is 14.4. The van der Waals surface area contributed by atoms with Gasteiger partial charge < -0.3 is 5.32 Å². The molecule has 6 nitrogen and oxygen atoms in total. The van der Waals surface area contributed by atoms with Crippen molar-refractivity contribution in [3.63, 3.8) is 0 Å². The molecule has 0 saturated heterocycles. The van der Waals surface area contributed by atoms with E-state index >= 15 is 0 Å². The van der Waals surface area contributed by atoms with Crippen molar-refractivity contribution in [2.45, 2.75) is 56.4 Å². The Bertz CT molecular complexity index is 890. The summed E-state index contributed by atoms with van der Waals surface area (Å²) in [7, 11) is -3.39. The minimum atomic E-state index is -4.60. The zero-order chi connectivity index (χ0) is 23.3. The molecule has 0 spiro atoms. The topological polar surface area (TPSA) is 99.1 Å². The van der Waals surface area contributed by atoms with Crippen molar-refractivity contribution in [2.24, 2.45) is 5.92 Å². The van der Waals surface area contributed by atoms with Crippen molar-refractivity contribution in [3.05, 3.63) is 35.6 Å². The van der Waals surface area contributed by atoms with Crippen LogP contribution in [0.1, 0.15) is 44.2 Å². The summed E-state index contributed by atoms with van der Waals surface area (Å²) in [4.78, 5) is 9.76. The van der Waals surface area contributed by atoms with Gasteiger partial charge in [-0.15, -0.1) is 0 Å². The van der Waals surface area contributed by atoms with Gasteiger partial charge in [-0.2, -0.15) is 18.4 Å². The van der Waals surface area contributed by atoms with E-state index in [-0.39, 0.29) is 23.0 Å². The lowest BCUT2D eigenvalue weighted by molar-refractivity contribution is -0.159. The van der Waals surface area contributed by atoms with Crippen LogP contribution >= 0.6 is 0 Å². The average Bonchev–Trinajstić information content (AvgIpc) is 3.58. The van der Waals surface area contributed by atoms with Crippen molar-refractivity contribution in [3.8, 4) is 6.07 Å². The highest BCUT2D eigenvalue weighted by Crippen LogP contribution is 2.34. The monoisotopic (exact) mass is 463 g/mol. The van der Waals surface area contributed by atoms with E-state index in [1.807, 2.05) is 6.07 Å². The largest absolute Gasteiger partial charge is 0.407 e. The summed E-state index contributed by atoms with van der Waals surface area (Å²) >= 11 is 0. The zero-order valence-corrected chi connectivity index (χ0v) is 17.8. The molecule has 0 aliphatic heterocycles. The normalized spacial score (nSPS) is 19.2.